The van der Waals surface area contributed by atoms with E-state index in [4.69, 9.17) is 5.73 Å². The van der Waals surface area contributed by atoms with Crippen LogP contribution in [0.4, 0.5) is 0 Å². The van der Waals surface area contributed by atoms with Gasteiger partial charge >= 0.3 is 0 Å². The number of nitrogens with zero attached hydrogens (tertiary/aromatic N) is 1. The average Bonchev–Trinajstić information content (AvgIpc) is 2.44. The summed E-state index contributed by atoms with van der Waals surface area (Å²) >= 11 is 0. The fourth-order valence-electron chi connectivity index (χ4n) is 1.65. The predicted molar refractivity (Wildman–Crippen MR) is 73.0 cm³/mol. The molecule has 6 heteroatoms. The van der Waals surface area contributed by atoms with Gasteiger partial charge in [0.2, 0.25) is 0 Å². The zero-order valence-corrected chi connectivity index (χ0v) is 10.6. The van der Waals surface area contributed by atoms with E-state index in [1.165, 1.54) is 0 Å². The van der Waals surface area contributed by atoms with E-state index in [0.717, 1.165) is 6.42 Å². The molecule has 4 N–H and O–H groups in total. The number of fused-ring (bicyclic) bond motifs is 1. The van der Waals surface area contributed by atoms with Crippen LogP contribution in [0.1, 0.15) is 24.0 Å². The first-order chi connectivity index (χ1) is 9.11. The monoisotopic (exact) mass is 260 g/mol. The number of carbonyl (C=O) groups is 1. The third kappa shape index (κ3) is 2.97. The van der Waals surface area contributed by atoms with Gasteiger partial charge in [0.05, 0.1) is 10.9 Å². The summed E-state index contributed by atoms with van der Waals surface area (Å²) in [6.07, 6.45) is 0.766. The van der Waals surface area contributed by atoms with E-state index in [9.17, 15) is 9.59 Å². The van der Waals surface area contributed by atoms with E-state index in [-0.39, 0.29) is 17.4 Å². The van der Waals surface area contributed by atoms with E-state index in [1.807, 2.05) is 6.92 Å². The third-order valence-corrected chi connectivity index (χ3v) is 2.88. The van der Waals surface area contributed by atoms with Crippen LogP contribution in [0.15, 0.2) is 29.1 Å². The lowest BCUT2D eigenvalue weighted by atomic mass is 10.2. The number of rotatable bonds is 4. The highest BCUT2D eigenvalue weighted by Gasteiger charge is 2.11. The number of aromatic amines is 1. The van der Waals surface area contributed by atoms with Gasteiger partial charge in [0, 0.05) is 12.6 Å². The summed E-state index contributed by atoms with van der Waals surface area (Å²) in [5, 5.41) is 3.11. The number of aromatic nitrogens is 2. The lowest BCUT2D eigenvalue weighted by Crippen LogP contribution is -2.38. The van der Waals surface area contributed by atoms with Gasteiger partial charge in [-0.25, -0.2) is 4.98 Å². The van der Waals surface area contributed by atoms with Gasteiger partial charge in [-0.3, -0.25) is 9.59 Å². The van der Waals surface area contributed by atoms with E-state index in [1.54, 1.807) is 24.3 Å². The maximum absolute atomic E-state index is 11.9. The third-order valence-electron chi connectivity index (χ3n) is 2.88. The second-order valence-corrected chi connectivity index (χ2v) is 4.31. The van der Waals surface area contributed by atoms with E-state index in [2.05, 4.69) is 15.3 Å². The molecular formula is C13H16N4O2. The average molecular weight is 260 g/mol. The summed E-state index contributed by atoms with van der Waals surface area (Å²) in [5.41, 5.74) is 5.89. The summed E-state index contributed by atoms with van der Waals surface area (Å²) in [4.78, 5) is 30.3. The molecule has 19 heavy (non-hydrogen) atoms. The van der Waals surface area contributed by atoms with Crippen LogP contribution in [0.2, 0.25) is 0 Å². The number of nitrogens with two attached hydrogens (primary N) is 1. The van der Waals surface area contributed by atoms with Crippen LogP contribution in [0, 0.1) is 0 Å². The van der Waals surface area contributed by atoms with Crippen LogP contribution in [0.25, 0.3) is 10.9 Å². The Morgan fingerprint density at radius 3 is 2.95 bits per heavy atom. The van der Waals surface area contributed by atoms with Crippen LogP contribution in [-0.4, -0.2) is 28.5 Å². The largest absolute Gasteiger partial charge is 0.348 e. The number of para-hydroxylation sites is 1. The summed E-state index contributed by atoms with van der Waals surface area (Å²) in [7, 11) is 0. The normalized spacial score (nSPS) is 12.3. The van der Waals surface area contributed by atoms with Gasteiger partial charge in [-0.2, -0.15) is 0 Å². The Balaban J connectivity index is 2.25. The van der Waals surface area contributed by atoms with Crippen molar-refractivity contribution in [1.82, 2.24) is 15.3 Å². The molecule has 0 radical (unpaired) electrons. The second kappa shape index (κ2) is 5.62. The molecule has 100 valence electrons. The number of hydrogen-bond donors (Lipinski definition) is 3. The molecule has 0 unspecified atom stereocenters. The molecule has 0 aliphatic rings. The molecule has 1 aromatic carbocycles. The maximum atomic E-state index is 11.9. The van der Waals surface area contributed by atoms with Crippen molar-refractivity contribution in [3.63, 3.8) is 0 Å². The van der Waals surface area contributed by atoms with Crippen molar-refractivity contribution in [2.75, 3.05) is 6.54 Å². The number of carbonyl (C=O) groups excluding carboxylic acids is 1. The lowest BCUT2D eigenvalue weighted by molar-refractivity contribution is 0.0940. The Kier molecular flexibility index (Phi) is 3.91. The van der Waals surface area contributed by atoms with Crippen molar-refractivity contribution >= 4 is 16.8 Å². The molecule has 2 aromatic rings. The minimum Gasteiger partial charge on any atom is -0.348 e. The molecule has 0 spiro atoms. The molecule has 1 atom stereocenters. The van der Waals surface area contributed by atoms with Gasteiger partial charge in [0.15, 0.2) is 5.82 Å². The first-order valence-corrected chi connectivity index (χ1v) is 6.14. The topological polar surface area (TPSA) is 101 Å². The Morgan fingerprint density at radius 2 is 2.21 bits per heavy atom. The fourth-order valence-corrected chi connectivity index (χ4v) is 1.65. The number of hydrogen-bond acceptors (Lipinski definition) is 4. The smallest absolute Gasteiger partial charge is 0.287 e. The van der Waals surface area contributed by atoms with Gasteiger partial charge in [-0.05, 0) is 18.6 Å². The highest BCUT2D eigenvalue weighted by Crippen LogP contribution is 2.05. The summed E-state index contributed by atoms with van der Waals surface area (Å²) in [6.45, 7) is 2.29. The Hall–Kier alpha value is -2.21. The van der Waals surface area contributed by atoms with Gasteiger partial charge in [-0.1, -0.05) is 19.1 Å². The van der Waals surface area contributed by atoms with Crippen LogP contribution >= 0.6 is 0 Å². The molecular weight excluding hydrogens is 244 g/mol. The van der Waals surface area contributed by atoms with Crippen LogP contribution in [-0.2, 0) is 0 Å². The zero-order chi connectivity index (χ0) is 13.8. The Labute approximate surface area is 110 Å². The van der Waals surface area contributed by atoms with E-state index in [0.29, 0.717) is 17.4 Å². The van der Waals surface area contributed by atoms with Crippen LogP contribution in [0.5, 0.6) is 0 Å². The number of nitrogens with one attached hydrogen (secondary N) is 2. The number of H-pyrrole nitrogens is 1. The van der Waals surface area contributed by atoms with Crippen molar-refractivity contribution in [2.24, 2.45) is 5.73 Å². The van der Waals surface area contributed by atoms with Gasteiger partial charge < -0.3 is 16.0 Å². The van der Waals surface area contributed by atoms with Gasteiger partial charge in [0.1, 0.15) is 0 Å². The van der Waals surface area contributed by atoms with Crippen LogP contribution in [0.3, 0.4) is 0 Å². The molecule has 0 bridgehead atoms. The first kappa shape index (κ1) is 13.2. The minimum atomic E-state index is -0.424. The number of benzene rings is 1. The molecule has 0 aliphatic heterocycles. The zero-order valence-electron chi connectivity index (χ0n) is 10.6. The molecule has 0 aliphatic carbocycles. The molecule has 1 aromatic heterocycles. The minimum absolute atomic E-state index is 0.00648. The van der Waals surface area contributed by atoms with Gasteiger partial charge in [0.25, 0.3) is 11.5 Å². The number of amides is 1. The molecule has 2 rings (SSSR count). The lowest BCUT2D eigenvalue weighted by Gasteiger charge is -2.09. The predicted octanol–water partition coefficient (Wildman–Crippen LogP) is 0.390. The summed E-state index contributed by atoms with van der Waals surface area (Å²) in [6, 6.07) is 6.77. The van der Waals surface area contributed by atoms with E-state index >= 15 is 0 Å². The molecule has 6 nitrogen and oxygen atoms in total. The fraction of sp³-hybridized carbons (Fsp3) is 0.308. The van der Waals surface area contributed by atoms with Gasteiger partial charge in [-0.15, -0.1) is 0 Å². The highest BCUT2D eigenvalue weighted by molar-refractivity contribution is 5.92. The molecule has 1 heterocycles. The SMILES string of the molecule is CC[C@@H](N)CNC(=O)c1nc2ccccc2c(=O)[nH]1. The summed E-state index contributed by atoms with van der Waals surface area (Å²) < 4.78 is 0. The van der Waals surface area contributed by atoms with Crippen molar-refractivity contribution in [3.8, 4) is 0 Å². The maximum Gasteiger partial charge on any atom is 0.287 e. The quantitative estimate of drug-likeness (QED) is 0.740. The van der Waals surface area contributed by atoms with Crippen LogP contribution < -0.4 is 16.6 Å². The standard InChI is InChI=1S/C13H16N4O2/c1-2-8(14)7-15-13(19)11-16-10-6-4-3-5-9(10)12(18)17-11/h3-6,8H,2,7,14H2,1H3,(H,15,19)(H,16,17,18)/t8-/m1/s1. The molecule has 0 saturated heterocycles. The summed E-state index contributed by atoms with van der Waals surface area (Å²) in [5.74, 6) is -0.418. The van der Waals surface area contributed by atoms with Crippen molar-refractivity contribution in [3.05, 3.63) is 40.4 Å². The van der Waals surface area contributed by atoms with Crippen molar-refractivity contribution in [1.29, 1.82) is 0 Å². The second-order valence-electron chi connectivity index (χ2n) is 4.31. The molecule has 0 fully saturated rings. The van der Waals surface area contributed by atoms with E-state index < -0.39 is 5.91 Å². The first-order valence-electron chi connectivity index (χ1n) is 6.14. The van der Waals surface area contributed by atoms with Crippen molar-refractivity contribution < 1.29 is 4.79 Å². The Morgan fingerprint density at radius 1 is 1.47 bits per heavy atom. The molecule has 1 amide bonds. The highest BCUT2D eigenvalue weighted by atomic mass is 16.2. The Bertz CT molecular complexity index is 650. The van der Waals surface area contributed by atoms with Crippen molar-refractivity contribution in [2.45, 2.75) is 19.4 Å². The molecule has 0 saturated carbocycles.